The number of hydrogen-bond donors (Lipinski definition) is 2. The Morgan fingerprint density at radius 2 is 2.16 bits per heavy atom. The number of nitrogens with one attached hydrogen (secondary N) is 1. The Bertz CT molecular complexity index is 727. The molecule has 2 heterocycles. The minimum Gasteiger partial charge on any atom is -0.473 e. The number of ether oxygens (including phenoxy) is 2. The molecular weight excluding hydrogens is 328 g/mol. The maximum absolute atomic E-state index is 11.6. The highest BCUT2D eigenvalue weighted by Gasteiger charge is 2.15. The summed E-state index contributed by atoms with van der Waals surface area (Å²) in [7, 11) is 0. The average Bonchev–Trinajstić information content (AvgIpc) is 2.98. The maximum atomic E-state index is 11.6. The lowest BCUT2D eigenvalue weighted by Gasteiger charge is -2.06. The SMILES string of the molecule is CCCCc1noc(C)c1COc1ccc(C(=O)OC(=O)NN)cn1. The van der Waals surface area contributed by atoms with Gasteiger partial charge in [-0.3, -0.25) is 5.43 Å². The van der Waals surface area contributed by atoms with Crippen LogP contribution in [-0.4, -0.2) is 22.2 Å². The molecule has 2 aromatic heterocycles. The summed E-state index contributed by atoms with van der Waals surface area (Å²) in [5, 5.41) is 4.05. The third-order valence-electron chi connectivity index (χ3n) is 3.47. The Hall–Kier alpha value is -2.94. The standard InChI is InChI=1S/C16H20N4O5/c1-3-4-5-13-12(10(2)25-20-13)9-23-14-7-6-11(8-18-14)15(21)24-16(22)19-17/h6-8H,3-5,9,17H2,1-2H3,(H,19,22). The molecule has 9 nitrogen and oxygen atoms in total. The van der Waals surface area contributed by atoms with Crippen LogP contribution in [0.4, 0.5) is 4.79 Å². The van der Waals surface area contributed by atoms with Crippen LogP contribution in [0.1, 0.15) is 47.1 Å². The van der Waals surface area contributed by atoms with Crippen LogP contribution in [0.2, 0.25) is 0 Å². The molecule has 0 aliphatic heterocycles. The molecule has 0 atom stereocenters. The molecule has 1 amide bonds. The van der Waals surface area contributed by atoms with Gasteiger partial charge in [-0.1, -0.05) is 18.5 Å². The van der Waals surface area contributed by atoms with Crippen LogP contribution in [0, 0.1) is 6.92 Å². The van der Waals surface area contributed by atoms with Crippen molar-refractivity contribution in [1.82, 2.24) is 15.6 Å². The van der Waals surface area contributed by atoms with Gasteiger partial charge in [-0.15, -0.1) is 0 Å². The molecule has 0 aliphatic carbocycles. The molecule has 0 saturated heterocycles. The zero-order valence-corrected chi connectivity index (χ0v) is 14.1. The van der Waals surface area contributed by atoms with Crippen molar-refractivity contribution in [3.63, 3.8) is 0 Å². The van der Waals surface area contributed by atoms with Gasteiger partial charge in [-0.05, 0) is 25.8 Å². The van der Waals surface area contributed by atoms with Crippen molar-refractivity contribution in [2.24, 2.45) is 5.84 Å². The van der Waals surface area contributed by atoms with Crippen molar-refractivity contribution >= 4 is 12.1 Å². The summed E-state index contributed by atoms with van der Waals surface area (Å²) in [6.07, 6.45) is 3.11. The molecule has 0 fully saturated rings. The lowest BCUT2D eigenvalue weighted by Crippen LogP contribution is -2.32. The molecule has 134 valence electrons. The monoisotopic (exact) mass is 348 g/mol. The average molecular weight is 348 g/mol. The first-order valence-electron chi connectivity index (χ1n) is 7.80. The Kier molecular flexibility index (Phi) is 6.47. The lowest BCUT2D eigenvalue weighted by atomic mass is 10.1. The van der Waals surface area contributed by atoms with E-state index in [2.05, 4.69) is 21.8 Å². The maximum Gasteiger partial charge on any atom is 0.429 e. The molecule has 0 saturated carbocycles. The smallest absolute Gasteiger partial charge is 0.429 e. The van der Waals surface area contributed by atoms with Gasteiger partial charge in [0.25, 0.3) is 0 Å². The molecule has 2 aromatic rings. The largest absolute Gasteiger partial charge is 0.473 e. The number of esters is 1. The van der Waals surface area contributed by atoms with E-state index in [9.17, 15) is 9.59 Å². The predicted octanol–water partition coefficient (Wildman–Crippen LogP) is 2.04. The van der Waals surface area contributed by atoms with E-state index in [1.165, 1.54) is 18.3 Å². The fourth-order valence-corrected chi connectivity index (χ4v) is 2.07. The predicted molar refractivity (Wildman–Crippen MR) is 86.6 cm³/mol. The summed E-state index contributed by atoms with van der Waals surface area (Å²) in [5.41, 5.74) is 3.58. The summed E-state index contributed by atoms with van der Waals surface area (Å²) in [6, 6.07) is 2.94. The third-order valence-corrected chi connectivity index (χ3v) is 3.47. The number of nitrogens with two attached hydrogens (primary N) is 1. The second kappa shape index (κ2) is 8.78. The van der Waals surface area contributed by atoms with Gasteiger partial charge in [0.2, 0.25) is 5.88 Å². The normalized spacial score (nSPS) is 10.4. The van der Waals surface area contributed by atoms with Crippen molar-refractivity contribution in [2.45, 2.75) is 39.7 Å². The van der Waals surface area contributed by atoms with E-state index in [0.717, 1.165) is 30.5 Å². The minimum atomic E-state index is -1.05. The molecule has 2 rings (SSSR count). The van der Waals surface area contributed by atoms with Crippen LogP contribution in [0.3, 0.4) is 0 Å². The number of aryl methyl sites for hydroxylation is 2. The Labute approximate surface area is 144 Å². The van der Waals surface area contributed by atoms with Crippen LogP contribution in [0.15, 0.2) is 22.9 Å². The molecule has 0 bridgehead atoms. The molecule has 0 radical (unpaired) electrons. The van der Waals surface area contributed by atoms with Crippen molar-refractivity contribution in [1.29, 1.82) is 0 Å². The quantitative estimate of drug-likeness (QED) is 0.256. The number of amides is 1. The topological polar surface area (TPSA) is 130 Å². The van der Waals surface area contributed by atoms with Gasteiger partial charge in [0.05, 0.1) is 16.8 Å². The Morgan fingerprint density at radius 3 is 2.80 bits per heavy atom. The van der Waals surface area contributed by atoms with E-state index in [1.54, 1.807) is 5.43 Å². The van der Waals surface area contributed by atoms with Crippen LogP contribution >= 0.6 is 0 Å². The van der Waals surface area contributed by atoms with E-state index >= 15 is 0 Å². The molecule has 3 N–H and O–H groups in total. The molecule has 9 heteroatoms. The Morgan fingerprint density at radius 1 is 1.36 bits per heavy atom. The summed E-state index contributed by atoms with van der Waals surface area (Å²) in [4.78, 5) is 26.5. The fraction of sp³-hybridized carbons (Fsp3) is 0.375. The first-order chi connectivity index (χ1) is 12.0. The number of carbonyl (C=O) groups is 2. The van der Waals surface area contributed by atoms with E-state index in [1.807, 2.05) is 6.92 Å². The number of unbranched alkanes of at least 4 members (excludes halogenated alkanes) is 1. The van der Waals surface area contributed by atoms with Gasteiger partial charge >= 0.3 is 12.1 Å². The molecule has 0 unspecified atom stereocenters. The van der Waals surface area contributed by atoms with Gasteiger partial charge in [0.15, 0.2) is 0 Å². The number of nitrogens with zero attached hydrogens (tertiary/aromatic N) is 2. The molecule has 0 aliphatic rings. The van der Waals surface area contributed by atoms with Gasteiger partial charge in [-0.2, -0.15) is 0 Å². The summed E-state index contributed by atoms with van der Waals surface area (Å²) in [5.74, 6) is 5.00. The second-order valence-corrected chi connectivity index (χ2v) is 5.26. The number of carbonyl (C=O) groups excluding carboxylic acids is 2. The number of hydrogen-bond acceptors (Lipinski definition) is 8. The summed E-state index contributed by atoms with van der Waals surface area (Å²) in [6.45, 7) is 4.20. The zero-order valence-electron chi connectivity index (χ0n) is 14.1. The molecule has 0 spiro atoms. The number of pyridine rings is 1. The van der Waals surface area contributed by atoms with Crippen molar-refractivity contribution in [2.75, 3.05) is 0 Å². The van der Waals surface area contributed by atoms with Crippen LogP contribution in [0.5, 0.6) is 5.88 Å². The number of hydrazine groups is 1. The minimum absolute atomic E-state index is 0.0979. The fourth-order valence-electron chi connectivity index (χ4n) is 2.07. The molecule has 25 heavy (non-hydrogen) atoms. The highest BCUT2D eigenvalue weighted by atomic mass is 16.6. The van der Waals surface area contributed by atoms with Gasteiger partial charge in [-0.25, -0.2) is 20.4 Å². The van der Waals surface area contributed by atoms with E-state index in [-0.39, 0.29) is 12.2 Å². The number of rotatable bonds is 7. The lowest BCUT2D eigenvalue weighted by molar-refractivity contribution is 0.0622. The van der Waals surface area contributed by atoms with E-state index in [4.69, 9.17) is 15.1 Å². The molecule has 0 aromatic carbocycles. The van der Waals surface area contributed by atoms with Gasteiger partial charge in [0.1, 0.15) is 12.4 Å². The van der Waals surface area contributed by atoms with E-state index < -0.39 is 12.1 Å². The van der Waals surface area contributed by atoms with Crippen molar-refractivity contribution in [3.05, 3.63) is 40.9 Å². The van der Waals surface area contributed by atoms with Crippen molar-refractivity contribution in [3.8, 4) is 5.88 Å². The zero-order chi connectivity index (χ0) is 18.2. The summed E-state index contributed by atoms with van der Waals surface area (Å²) < 4.78 is 15.2. The second-order valence-electron chi connectivity index (χ2n) is 5.26. The van der Waals surface area contributed by atoms with Crippen molar-refractivity contribution < 1.29 is 23.6 Å². The highest BCUT2D eigenvalue weighted by Crippen LogP contribution is 2.18. The van der Waals surface area contributed by atoms with Crippen LogP contribution in [0.25, 0.3) is 0 Å². The van der Waals surface area contributed by atoms with E-state index in [0.29, 0.717) is 11.6 Å². The van der Waals surface area contributed by atoms with Gasteiger partial charge < -0.3 is 14.0 Å². The highest BCUT2D eigenvalue weighted by molar-refractivity contribution is 5.96. The number of aromatic nitrogens is 2. The van der Waals surface area contributed by atoms with Crippen LogP contribution in [-0.2, 0) is 17.8 Å². The van der Waals surface area contributed by atoms with Gasteiger partial charge in [0, 0.05) is 12.3 Å². The third kappa shape index (κ3) is 5.01. The van der Waals surface area contributed by atoms with Crippen LogP contribution < -0.4 is 16.0 Å². The first kappa shape index (κ1) is 18.4. The Balaban J connectivity index is 1.97. The summed E-state index contributed by atoms with van der Waals surface area (Å²) >= 11 is 0. The molecular formula is C16H20N4O5. The first-order valence-corrected chi connectivity index (χ1v) is 7.80.